The van der Waals surface area contributed by atoms with Crippen molar-refractivity contribution in [3.63, 3.8) is 0 Å². The lowest BCUT2D eigenvalue weighted by Crippen LogP contribution is -2.40. The van der Waals surface area contributed by atoms with Crippen molar-refractivity contribution in [2.24, 2.45) is 0 Å². The highest BCUT2D eigenvalue weighted by Gasteiger charge is 2.21. The molecule has 0 saturated carbocycles. The van der Waals surface area contributed by atoms with E-state index in [-0.39, 0.29) is 29.4 Å². The smallest absolute Gasteiger partial charge is 0.332 e. The Labute approximate surface area is 185 Å². The SMILES string of the molecule is CCn1c(=O)n(CCCOC2CCCCO2)c(=O)c2c1nc(Cl)n2Cc1ccccc1. The summed E-state index contributed by atoms with van der Waals surface area (Å²) < 4.78 is 15.7. The van der Waals surface area contributed by atoms with Gasteiger partial charge in [-0.2, -0.15) is 4.98 Å². The molecule has 3 aromatic rings. The number of imidazole rings is 1. The molecule has 1 fully saturated rings. The summed E-state index contributed by atoms with van der Waals surface area (Å²) in [5.74, 6) is 0. The Morgan fingerprint density at radius 2 is 1.97 bits per heavy atom. The first kappa shape index (κ1) is 21.8. The molecule has 1 aliphatic rings. The predicted octanol–water partition coefficient (Wildman–Crippen LogP) is 3.01. The zero-order valence-corrected chi connectivity index (χ0v) is 18.4. The van der Waals surface area contributed by atoms with Gasteiger partial charge in [0, 0.05) is 19.7 Å². The van der Waals surface area contributed by atoms with Gasteiger partial charge in [-0.3, -0.25) is 13.9 Å². The van der Waals surface area contributed by atoms with Crippen molar-refractivity contribution < 1.29 is 9.47 Å². The zero-order valence-electron chi connectivity index (χ0n) is 17.6. The van der Waals surface area contributed by atoms with Gasteiger partial charge in [0.2, 0.25) is 5.28 Å². The molecular formula is C22H27ClN4O4. The van der Waals surface area contributed by atoms with E-state index in [1.54, 1.807) is 4.57 Å². The van der Waals surface area contributed by atoms with Crippen LogP contribution >= 0.6 is 11.6 Å². The van der Waals surface area contributed by atoms with Crippen molar-refractivity contribution in [1.29, 1.82) is 0 Å². The quantitative estimate of drug-likeness (QED) is 0.392. The zero-order chi connectivity index (χ0) is 21.8. The summed E-state index contributed by atoms with van der Waals surface area (Å²) in [6.07, 6.45) is 3.38. The second-order valence-corrected chi connectivity index (χ2v) is 7.97. The molecule has 3 heterocycles. The lowest BCUT2D eigenvalue weighted by molar-refractivity contribution is -0.163. The van der Waals surface area contributed by atoms with Crippen molar-refractivity contribution >= 4 is 22.8 Å². The summed E-state index contributed by atoms with van der Waals surface area (Å²) in [5.41, 5.74) is 0.891. The van der Waals surface area contributed by atoms with Gasteiger partial charge in [0.25, 0.3) is 5.56 Å². The molecule has 0 spiro atoms. The number of benzene rings is 1. The summed E-state index contributed by atoms with van der Waals surface area (Å²) in [7, 11) is 0. The summed E-state index contributed by atoms with van der Waals surface area (Å²) in [6.45, 7) is 4.03. The Morgan fingerprint density at radius 1 is 1.16 bits per heavy atom. The molecule has 0 bridgehead atoms. The van der Waals surface area contributed by atoms with E-state index >= 15 is 0 Å². The van der Waals surface area contributed by atoms with E-state index in [0.29, 0.717) is 43.9 Å². The molecule has 4 rings (SSSR count). The maximum atomic E-state index is 13.3. The molecule has 0 N–H and O–H groups in total. The number of fused-ring (bicyclic) bond motifs is 1. The van der Waals surface area contributed by atoms with E-state index in [4.69, 9.17) is 21.1 Å². The Morgan fingerprint density at radius 3 is 2.68 bits per heavy atom. The fourth-order valence-corrected chi connectivity index (χ4v) is 4.16. The van der Waals surface area contributed by atoms with Crippen LogP contribution in [0.1, 0.15) is 38.2 Å². The Balaban J connectivity index is 1.63. The number of aromatic nitrogens is 4. The van der Waals surface area contributed by atoms with Crippen LogP contribution in [0.4, 0.5) is 0 Å². The highest BCUT2D eigenvalue weighted by atomic mass is 35.5. The normalized spacial score (nSPS) is 16.8. The fourth-order valence-electron chi connectivity index (χ4n) is 3.94. The summed E-state index contributed by atoms with van der Waals surface area (Å²) in [4.78, 5) is 30.6. The van der Waals surface area contributed by atoms with E-state index in [1.807, 2.05) is 37.3 Å². The largest absolute Gasteiger partial charge is 0.353 e. The standard InChI is InChI=1S/C22H27ClN4O4/c1-2-25-19-18(27(21(23)24-19)15-16-9-4-3-5-10-16)20(28)26(22(25)29)12-8-14-31-17-11-6-7-13-30-17/h3-5,9-10,17H,2,6-8,11-15H2,1H3. The van der Waals surface area contributed by atoms with Crippen LogP contribution in [0.15, 0.2) is 39.9 Å². The molecule has 166 valence electrons. The number of rotatable bonds is 8. The van der Waals surface area contributed by atoms with E-state index in [1.165, 1.54) is 9.13 Å². The van der Waals surface area contributed by atoms with Crippen LogP contribution in [0.2, 0.25) is 5.28 Å². The van der Waals surface area contributed by atoms with Crippen molar-refractivity contribution in [3.8, 4) is 0 Å². The van der Waals surface area contributed by atoms with Crippen LogP contribution in [0, 0.1) is 0 Å². The van der Waals surface area contributed by atoms with Crippen LogP contribution in [-0.2, 0) is 29.1 Å². The lowest BCUT2D eigenvalue weighted by Gasteiger charge is -2.22. The van der Waals surface area contributed by atoms with Gasteiger partial charge < -0.3 is 14.0 Å². The van der Waals surface area contributed by atoms with Crippen LogP contribution in [0.5, 0.6) is 0 Å². The average molecular weight is 447 g/mol. The highest BCUT2D eigenvalue weighted by Crippen LogP contribution is 2.18. The topological polar surface area (TPSA) is 80.3 Å². The maximum absolute atomic E-state index is 13.3. The van der Waals surface area contributed by atoms with Crippen molar-refractivity contribution in [2.45, 2.75) is 58.5 Å². The monoisotopic (exact) mass is 446 g/mol. The molecule has 0 aliphatic carbocycles. The number of aryl methyl sites for hydroxylation is 1. The molecule has 8 nitrogen and oxygen atoms in total. The molecular weight excluding hydrogens is 420 g/mol. The highest BCUT2D eigenvalue weighted by molar-refractivity contribution is 6.29. The van der Waals surface area contributed by atoms with Crippen molar-refractivity contribution in [3.05, 3.63) is 62.0 Å². The third kappa shape index (κ3) is 4.61. The first-order chi connectivity index (χ1) is 15.1. The first-order valence-corrected chi connectivity index (χ1v) is 11.1. The molecule has 1 aromatic carbocycles. The van der Waals surface area contributed by atoms with Crippen LogP contribution in [0.25, 0.3) is 11.2 Å². The molecule has 2 aromatic heterocycles. The third-order valence-electron chi connectivity index (χ3n) is 5.54. The molecule has 31 heavy (non-hydrogen) atoms. The number of hydrogen-bond acceptors (Lipinski definition) is 5. The van der Waals surface area contributed by atoms with Gasteiger partial charge in [-0.05, 0) is 49.8 Å². The lowest BCUT2D eigenvalue weighted by atomic mass is 10.2. The maximum Gasteiger partial charge on any atom is 0.332 e. The minimum Gasteiger partial charge on any atom is -0.353 e. The molecule has 0 amide bonds. The van der Waals surface area contributed by atoms with Crippen molar-refractivity contribution in [2.75, 3.05) is 13.2 Å². The minimum absolute atomic E-state index is 0.188. The molecule has 1 atom stereocenters. The Bertz CT molecular complexity index is 1150. The fraction of sp³-hybridized carbons (Fsp3) is 0.500. The number of nitrogens with zero attached hydrogens (tertiary/aromatic N) is 4. The van der Waals surface area contributed by atoms with Crippen molar-refractivity contribution in [1.82, 2.24) is 18.7 Å². The summed E-state index contributed by atoms with van der Waals surface area (Å²) >= 11 is 6.39. The molecule has 1 saturated heterocycles. The van der Waals surface area contributed by atoms with Gasteiger partial charge >= 0.3 is 5.69 Å². The number of hydrogen-bond donors (Lipinski definition) is 0. The summed E-state index contributed by atoms with van der Waals surface area (Å²) in [5, 5.41) is 0.188. The molecule has 1 unspecified atom stereocenters. The summed E-state index contributed by atoms with van der Waals surface area (Å²) in [6, 6.07) is 9.71. The Kier molecular flexibility index (Phi) is 6.89. The van der Waals surface area contributed by atoms with Gasteiger partial charge in [-0.25, -0.2) is 4.79 Å². The van der Waals surface area contributed by atoms with E-state index in [9.17, 15) is 9.59 Å². The predicted molar refractivity (Wildman–Crippen MR) is 119 cm³/mol. The third-order valence-corrected chi connectivity index (χ3v) is 5.82. The first-order valence-electron chi connectivity index (χ1n) is 10.8. The molecule has 0 radical (unpaired) electrons. The van der Waals surface area contributed by atoms with Gasteiger partial charge in [0.15, 0.2) is 17.5 Å². The second kappa shape index (κ2) is 9.80. The van der Waals surface area contributed by atoms with Crippen LogP contribution in [0.3, 0.4) is 0 Å². The minimum atomic E-state index is -0.381. The van der Waals surface area contributed by atoms with E-state index in [2.05, 4.69) is 4.98 Å². The molecule has 9 heteroatoms. The van der Waals surface area contributed by atoms with Gasteiger partial charge in [-0.1, -0.05) is 30.3 Å². The Hall–Kier alpha value is -2.42. The van der Waals surface area contributed by atoms with Gasteiger partial charge in [0.05, 0.1) is 13.2 Å². The van der Waals surface area contributed by atoms with Crippen LogP contribution in [-0.4, -0.2) is 38.2 Å². The van der Waals surface area contributed by atoms with E-state index in [0.717, 1.165) is 24.8 Å². The average Bonchev–Trinajstić information content (AvgIpc) is 3.10. The van der Waals surface area contributed by atoms with Gasteiger partial charge in [0.1, 0.15) is 0 Å². The number of halogens is 1. The van der Waals surface area contributed by atoms with E-state index < -0.39 is 0 Å². The van der Waals surface area contributed by atoms with Gasteiger partial charge in [-0.15, -0.1) is 0 Å². The second-order valence-electron chi connectivity index (χ2n) is 7.63. The molecule has 1 aliphatic heterocycles. The number of ether oxygens (including phenoxy) is 2. The van der Waals surface area contributed by atoms with Crippen LogP contribution < -0.4 is 11.2 Å².